The molecule has 0 atom stereocenters. The fourth-order valence-electron chi connectivity index (χ4n) is 2.53. The van der Waals surface area contributed by atoms with Gasteiger partial charge in [0.1, 0.15) is 0 Å². The van der Waals surface area contributed by atoms with Crippen LogP contribution in [-0.2, 0) is 11.2 Å². The summed E-state index contributed by atoms with van der Waals surface area (Å²) in [5.74, 6) is -0.0720. The van der Waals surface area contributed by atoms with Crippen LogP contribution in [0.25, 0.3) is 0 Å². The van der Waals surface area contributed by atoms with E-state index >= 15 is 0 Å². The van der Waals surface area contributed by atoms with Crippen LogP contribution in [0.3, 0.4) is 0 Å². The summed E-state index contributed by atoms with van der Waals surface area (Å²) in [4.78, 5) is 28.0. The Morgan fingerprint density at radius 3 is 2.57 bits per heavy atom. The second-order valence-corrected chi connectivity index (χ2v) is 5.30. The van der Waals surface area contributed by atoms with Crippen molar-refractivity contribution in [1.29, 1.82) is 0 Å². The molecule has 1 N–H and O–H groups in total. The lowest BCUT2D eigenvalue weighted by Crippen LogP contribution is -2.49. The van der Waals surface area contributed by atoms with Gasteiger partial charge in [-0.15, -0.1) is 0 Å². The van der Waals surface area contributed by atoms with Crippen molar-refractivity contribution in [3.63, 3.8) is 0 Å². The molecule has 5 heteroatoms. The number of likely N-dealkylation sites (N-methyl/N-ethyl adjacent to an activating group) is 1. The molecule has 5 nitrogen and oxygen atoms in total. The Bertz CT molecular complexity index is 510. The maximum absolute atomic E-state index is 12.5. The summed E-state index contributed by atoms with van der Waals surface area (Å²) in [7, 11) is 1.69. The van der Waals surface area contributed by atoms with Crippen LogP contribution < -0.4 is 5.32 Å². The summed E-state index contributed by atoms with van der Waals surface area (Å²) < 4.78 is 0. The summed E-state index contributed by atoms with van der Waals surface area (Å²) in [5, 5.41) is 3.21. The number of carbonyl (C=O) groups is 2. The third-order valence-electron chi connectivity index (χ3n) is 3.82. The SMILES string of the molecule is CCc1ccccc1C(=O)N(C)CC(=O)N1CCNCC1. The predicted octanol–water partition coefficient (Wildman–Crippen LogP) is 0.753. The Morgan fingerprint density at radius 2 is 1.90 bits per heavy atom. The second kappa shape index (κ2) is 7.22. The monoisotopic (exact) mass is 289 g/mol. The van der Waals surface area contributed by atoms with E-state index in [9.17, 15) is 9.59 Å². The lowest BCUT2D eigenvalue weighted by atomic mass is 10.0. The van der Waals surface area contributed by atoms with Crippen molar-refractivity contribution in [1.82, 2.24) is 15.1 Å². The van der Waals surface area contributed by atoms with Crippen LogP contribution in [-0.4, -0.2) is 61.4 Å². The Balaban J connectivity index is 2.00. The Hall–Kier alpha value is -1.88. The number of benzene rings is 1. The van der Waals surface area contributed by atoms with Crippen LogP contribution in [0.5, 0.6) is 0 Å². The molecule has 0 unspecified atom stereocenters. The number of piperazine rings is 1. The van der Waals surface area contributed by atoms with E-state index < -0.39 is 0 Å². The highest BCUT2D eigenvalue weighted by atomic mass is 16.2. The zero-order chi connectivity index (χ0) is 15.2. The highest BCUT2D eigenvalue weighted by Crippen LogP contribution is 2.12. The second-order valence-electron chi connectivity index (χ2n) is 5.30. The van der Waals surface area contributed by atoms with Gasteiger partial charge < -0.3 is 15.1 Å². The first-order valence-electron chi connectivity index (χ1n) is 7.45. The third-order valence-corrected chi connectivity index (χ3v) is 3.82. The molecule has 0 radical (unpaired) electrons. The average molecular weight is 289 g/mol. The minimum atomic E-state index is -0.0871. The Morgan fingerprint density at radius 1 is 1.24 bits per heavy atom. The molecule has 0 saturated carbocycles. The van der Waals surface area contributed by atoms with E-state index in [1.165, 1.54) is 4.90 Å². The van der Waals surface area contributed by atoms with Gasteiger partial charge >= 0.3 is 0 Å². The predicted molar refractivity (Wildman–Crippen MR) is 82.2 cm³/mol. The normalized spacial score (nSPS) is 14.9. The molecule has 1 fully saturated rings. The molecule has 1 aliphatic rings. The Labute approximate surface area is 125 Å². The number of nitrogens with one attached hydrogen (secondary N) is 1. The largest absolute Gasteiger partial charge is 0.339 e. The lowest BCUT2D eigenvalue weighted by molar-refractivity contribution is -0.132. The standard InChI is InChI=1S/C16H23N3O2/c1-3-13-6-4-5-7-14(13)16(21)18(2)12-15(20)19-10-8-17-9-11-19/h4-7,17H,3,8-12H2,1-2H3. The van der Waals surface area contributed by atoms with Crippen molar-refractivity contribution in [2.24, 2.45) is 0 Å². The van der Waals surface area contributed by atoms with E-state index in [-0.39, 0.29) is 18.4 Å². The minimum Gasteiger partial charge on any atom is -0.339 e. The summed E-state index contributed by atoms with van der Waals surface area (Å²) >= 11 is 0. The minimum absolute atomic E-state index is 0.0151. The van der Waals surface area contributed by atoms with E-state index in [0.29, 0.717) is 18.7 Å². The van der Waals surface area contributed by atoms with Crippen LogP contribution in [0.1, 0.15) is 22.8 Å². The van der Waals surface area contributed by atoms with Crippen molar-refractivity contribution in [3.05, 3.63) is 35.4 Å². The molecule has 1 aromatic rings. The van der Waals surface area contributed by atoms with Gasteiger partial charge in [-0.25, -0.2) is 0 Å². The van der Waals surface area contributed by atoms with Crippen molar-refractivity contribution >= 4 is 11.8 Å². The number of rotatable bonds is 4. The molecular formula is C16H23N3O2. The molecule has 2 rings (SSSR count). The number of hydrogen-bond acceptors (Lipinski definition) is 3. The molecule has 114 valence electrons. The van der Waals surface area contributed by atoms with E-state index in [2.05, 4.69) is 5.32 Å². The molecule has 1 aliphatic heterocycles. The van der Waals surface area contributed by atoms with Crippen LogP contribution in [0, 0.1) is 0 Å². The highest BCUT2D eigenvalue weighted by Gasteiger charge is 2.21. The van der Waals surface area contributed by atoms with Gasteiger partial charge in [0.15, 0.2) is 0 Å². The van der Waals surface area contributed by atoms with E-state index in [1.54, 1.807) is 7.05 Å². The van der Waals surface area contributed by atoms with E-state index in [0.717, 1.165) is 25.1 Å². The van der Waals surface area contributed by atoms with Crippen molar-refractivity contribution in [3.8, 4) is 0 Å². The number of hydrogen-bond donors (Lipinski definition) is 1. The molecule has 2 amide bonds. The molecular weight excluding hydrogens is 266 g/mol. The summed E-state index contributed by atoms with van der Waals surface area (Å²) in [6.45, 7) is 5.23. The molecule has 0 bridgehead atoms. The molecule has 1 aromatic carbocycles. The van der Waals surface area contributed by atoms with Crippen molar-refractivity contribution < 1.29 is 9.59 Å². The number of nitrogens with zero attached hydrogens (tertiary/aromatic N) is 2. The van der Waals surface area contributed by atoms with Gasteiger partial charge in [-0.2, -0.15) is 0 Å². The van der Waals surface area contributed by atoms with Gasteiger partial charge in [0.2, 0.25) is 5.91 Å². The number of carbonyl (C=O) groups excluding carboxylic acids is 2. The lowest BCUT2D eigenvalue weighted by Gasteiger charge is -2.29. The van der Waals surface area contributed by atoms with Gasteiger partial charge in [-0.1, -0.05) is 25.1 Å². The molecule has 0 spiro atoms. The van der Waals surface area contributed by atoms with Gasteiger partial charge in [-0.05, 0) is 18.1 Å². The van der Waals surface area contributed by atoms with Crippen LogP contribution >= 0.6 is 0 Å². The topological polar surface area (TPSA) is 52.7 Å². The van der Waals surface area contributed by atoms with Gasteiger partial charge in [0, 0.05) is 38.8 Å². The zero-order valence-electron chi connectivity index (χ0n) is 12.8. The van der Waals surface area contributed by atoms with Gasteiger partial charge in [0.25, 0.3) is 5.91 Å². The van der Waals surface area contributed by atoms with E-state index in [1.807, 2.05) is 36.1 Å². The molecule has 0 aliphatic carbocycles. The van der Waals surface area contributed by atoms with Gasteiger partial charge in [0.05, 0.1) is 6.54 Å². The summed E-state index contributed by atoms with van der Waals surface area (Å²) in [6.07, 6.45) is 0.807. The first kappa shape index (κ1) is 15.5. The number of aryl methyl sites for hydroxylation is 1. The third kappa shape index (κ3) is 3.82. The van der Waals surface area contributed by atoms with Crippen molar-refractivity contribution in [2.45, 2.75) is 13.3 Å². The molecule has 0 aromatic heterocycles. The Kier molecular flexibility index (Phi) is 5.33. The maximum atomic E-state index is 12.5. The molecule has 1 heterocycles. The smallest absolute Gasteiger partial charge is 0.254 e. The molecule has 1 saturated heterocycles. The number of amides is 2. The first-order chi connectivity index (χ1) is 10.1. The summed E-state index contributed by atoms with van der Waals surface area (Å²) in [5.41, 5.74) is 1.71. The zero-order valence-corrected chi connectivity index (χ0v) is 12.8. The van der Waals surface area contributed by atoms with Gasteiger partial charge in [-0.3, -0.25) is 9.59 Å². The average Bonchev–Trinajstić information content (AvgIpc) is 2.54. The summed E-state index contributed by atoms with van der Waals surface area (Å²) in [6, 6.07) is 7.58. The fourth-order valence-corrected chi connectivity index (χ4v) is 2.53. The molecule has 21 heavy (non-hydrogen) atoms. The van der Waals surface area contributed by atoms with Crippen LogP contribution in [0.15, 0.2) is 24.3 Å². The quantitative estimate of drug-likeness (QED) is 0.890. The van der Waals surface area contributed by atoms with Crippen molar-refractivity contribution in [2.75, 3.05) is 39.8 Å². The van der Waals surface area contributed by atoms with Crippen LogP contribution in [0.2, 0.25) is 0 Å². The van der Waals surface area contributed by atoms with E-state index in [4.69, 9.17) is 0 Å². The highest BCUT2D eigenvalue weighted by molar-refractivity contribution is 5.97. The van der Waals surface area contributed by atoms with Crippen LogP contribution in [0.4, 0.5) is 0 Å². The fraction of sp³-hybridized carbons (Fsp3) is 0.500. The maximum Gasteiger partial charge on any atom is 0.254 e. The first-order valence-corrected chi connectivity index (χ1v) is 7.45.